The van der Waals surface area contributed by atoms with Crippen molar-refractivity contribution in [2.75, 3.05) is 5.32 Å². The van der Waals surface area contributed by atoms with Crippen LogP contribution in [0.1, 0.15) is 22.3 Å². The Bertz CT molecular complexity index is 1610. The highest BCUT2D eigenvalue weighted by molar-refractivity contribution is 7.26. The minimum Gasteiger partial charge on any atom is -0.448 e. The second-order valence-electron chi connectivity index (χ2n) is 8.12. The molecule has 5 rings (SSSR count). The summed E-state index contributed by atoms with van der Waals surface area (Å²) in [5, 5.41) is 3.46. The second kappa shape index (κ2) is 9.56. The number of carbonyl (C=O) groups is 2. The van der Waals surface area contributed by atoms with Crippen molar-refractivity contribution >= 4 is 50.5 Å². The second-order valence-corrected chi connectivity index (χ2v) is 10.2. The molecule has 0 spiro atoms. The Morgan fingerprint density at radius 1 is 1.00 bits per heavy atom. The molecule has 0 fully saturated rings. The molecule has 5 aromatic rings. The zero-order valence-electron chi connectivity index (χ0n) is 19.7. The van der Waals surface area contributed by atoms with E-state index >= 15 is 0 Å². The Hall–Kier alpha value is -4.02. The number of benzene rings is 2. The van der Waals surface area contributed by atoms with Crippen molar-refractivity contribution in [2.24, 2.45) is 7.05 Å². The molecule has 0 aliphatic heterocycles. The van der Waals surface area contributed by atoms with Crippen LogP contribution in [0.3, 0.4) is 0 Å². The highest BCUT2D eigenvalue weighted by Gasteiger charge is 2.24. The van der Waals surface area contributed by atoms with Gasteiger partial charge in [-0.2, -0.15) is 0 Å². The number of nitrogens with zero attached hydrogens (tertiary/aromatic N) is 3. The minimum atomic E-state index is -1.10. The van der Waals surface area contributed by atoms with Gasteiger partial charge in [-0.15, -0.1) is 22.7 Å². The topological polar surface area (TPSA) is 95.2 Å². The number of amides is 1. The molecule has 3 heterocycles. The quantitative estimate of drug-likeness (QED) is 0.319. The molecule has 0 radical (unpaired) electrons. The smallest absolute Gasteiger partial charge is 0.349 e. The van der Waals surface area contributed by atoms with Crippen molar-refractivity contribution < 1.29 is 14.3 Å². The van der Waals surface area contributed by atoms with Crippen LogP contribution in [-0.4, -0.2) is 32.3 Å². The molecule has 8 nitrogen and oxygen atoms in total. The van der Waals surface area contributed by atoms with Gasteiger partial charge in [-0.25, -0.2) is 14.5 Å². The molecule has 10 heteroatoms. The largest absolute Gasteiger partial charge is 0.448 e. The number of thiophene rings is 1. The van der Waals surface area contributed by atoms with Crippen molar-refractivity contribution in [3.8, 4) is 15.6 Å². The maximum absolute atomic E-state index is 13.0. The van der Waals surface area contributed by atoms with Crippen LogP contribution in [0.25, 0.3) is 25.8 Å². The molecule has 0 aliphatic carbocycles. The van der Waals surface area contributed by atoms with Gasteiger partial charge in [0.1, 0.15) is 15.6 Å². The van der Waals surface area contributed by atoms with E-state index in [1.807, 2.05) is 48.5 Å². The summed E-state index contributed by atoms with van der Waals surface area (Å²) in [6.45, 7) is 3.21. The average molecular weight is 519 g/mol. The summed E-state index contributed by atoms with van der Waals surface area (Å²) >= 11 is 2.81. The SMILES string of the molecule is Cc1c(NC(=O)C(C)OC(=O)c2ccc(-c3nc4ccccc4s3)s2)c(=O)n(-c2ccccc2)n1C. The van der Waals surface area contributed by atoms with Crippen LogP contribution in [0.2, 0.25) is 0 Å². The molecule has 3 aromatic heterocycles. The number of ether oxygens (including phenoxy) is 1. The maximum Gasteiger partial charge on any atom is 0.349 e. The maximum atomic E-state index is 13.0. The number of para-hydroxylation sites is 2. The summed E-state index contributed by atoms with van der Waals surface area (Å²) in [7, 11) is 1.74. The van der Waals surface area contributed by atoms with Gasteiger partial charge in [0.2, 0.25) is 0 Å². The lowest BCUT2D eigenvalue weighted by Gasteiger charge is -2.12. The van der Waals surface area contributed by atoms with Crippen LogP contribution in [0.5, 0.6) is 0 Å². The number of anilines is 1. The standard InChI is InChI=1S/C26H22N4O4S2/c1-15-22(25(32)30(29(15)3)17-9-5-4-6-10-17)28-23(31)16(2)34-26(33)21-14-13-20(35-21)24-27-18-11-7-8-12-19(18)36-24/h4-14,16H,1-3H3,(H,28,31). The van der Waals surface area contributed by atoms with E-state index in [0.717, 1.165) is 20.1 Å². The Kier molecular flexibility index (Phi) is 6.29. The van der Waals surface area contributed by atoms with Crippen LogP contribution >= 0.6 is 22.7 Å². The summed E-state index contributed by atoms with van der Waals surface area (Å²) in [5.41, 5.74) is 1.93. The van der Waals surface area contributed by atoms with Gasteiger partial charge in [0.25, 0.3) is 11.5 Å². The average Bonchev–Trinajstić information content (AvgIpc) is 3.58. The lowest BCUT2D eigenvalue weighted by atomic mass is 10.3. The molecule has 1 amide bonds. The first-order chi connectivity index (χ1) is 17.3. The number of thiazole rings is 1. The van der Waals surface area contributed by atoms with Crippen LogP contribution in [0.15, 0.2) is 71.5 Å². The fraction of sp³-hybridized carbons (Fsp3) is 0.154. The minimum absolute atomic E-state index is 0.142. The predicted octanol–water partition coefficient (Wildman–Crippen LogP) is 5.01. The third-order valence-corrected chi connectivity index (χ3v) is 8.04. The van der Waals surface area contributed by atoms with Crippen LogP contribution in [-0.2, 0) is 16.6 Å². The number of hydrogen-bond acceptors (Lipinski definition) is 7. The van der Waals surface area contributed by atoms with Crippen LogP contribution < -0.4 is 10.9 Å². The highest BCUT2D eigenvalue weighted by atomic mass is 32.1. The fourth-order valence-electron chi connectivity index (χ4n) is 3.75. The summed E-state index contributed by atoms with van der Waals surface area (Å²) in [4.78, 5) is 44.4. The van der Waals surface area contributed by atoms with Crippen LogP contribution in [0.4, 0.5) is 5.69 Å². The third-order valence-electron chi connectivity index (χ3n) is 5.77. The first kappa shape index (κ1) is 23.7. The summed E-state index contributed by atoms with van der Waals surface area (Å²) < 4.78 is 9.61. The fourth-order valence-corrected chi connectivity index (χ4v) is 5.66. The van der Waals surface area contributed by atoms with E-state index < -0.39 is 18.0 Å². The van der Waals surface area contributed by atoms with Crippen molar-refractivity contribution in [1.82, 2.24) is 14.3 Å². The number of aromatic nitrogens is 3. The third kappa shape index (κ3) is 4.36. The van der Waals surface area contributed by atoms with Gasteiger partial charge >= 0.3 is 5.97 Å². The number of nitrogens with one attached hydrogen (secondary N) is 1. The molecule has 0 aliphatic rings. The summed E-state index contributed by atoms with van der Waals surface area (Å²) in [6.07, 6.45) is -1.10. The first-order valence-electron chi connectivity index (χ1n) is 11.1. The molecule has 182 valence electrons. The normalized spacial score (nSPS) is 12.0. The number of fused-ring (bicyclic) bond motifs is 1. The van der Waals surface area contributed by atoms with E-state index in [4.69, 9.17) is 4.74 Å². The van der Waals surface area contributed by atoms with Gasteiger partial charge in [-0.3, -0.25) is 14.3 Å². The van der Waals surface area contributed by atoms with E-state index in [2.05, 4.69) is 10.3 Å². The van der Waals surface area contributed by atoms with Crippen molar-refractivity contribution in [1.29, 1.82) is 0 Å². The van der Waals surface area contributed by atoms with Gasteiger partial charge < -0.3 is 10.1 Å². The molecule has 0 saturated carbocycles. The Labute approximate surface area is 214 Å². The van der Waals surface area contributed by atoms with Crippen molar-refractivity contribution in [3.63, 3.8) is 0 Å². The van der Waals surface area contributed by atoms with E-state index in [0.29, 0.717) is 16.3 Å². The van der Waals surface area contributed by atoms with Gasteiger partial charge in [0.05, 0.1) is 26.5 Å². The molecule has 36 heavy (non-hydrogen) atoms. The number of hydrogen-bond donors (Lipinski definition) is 1. The first-order valence-corrected chi connectivity index (χ1v) is 12.8. The molecule has 1 atom stereocenters. The van der Waals surface area contributed by atoms with Crippen molar-refractivity contribution in [2.45, 2.75) is 20.0 Å². The Morgan fingerprint density at radius 3 is 2.47 bits per heavy atom. The summed E-state index contributed by atoms with van der Waals surface area (Å²) in [5.74, 6) is -1.20. The molecule has 1 N–H and O–H groups in total. The summed E-state index contributed by atoms with van der Waals surface area (Å²) in [6, 6.07) is 20.5. The van der Waals surface area contributed by atoms with Crippen LogP contribution in [0, 0.1) is 6.92 Å². The number of rotatable bonds is 6. The number of carbonyl (C=O) groups excluding carboxylic acids is 2. The van der Waals surface area contributed by atoms with Gasteiger partial charge in [-0.05, 0) is 50.2 Å². The number of esters is 1. The van der Waals surface area contributed by atoms with Gasteiger partial charge in [-0.1, -0.05) is 30.3 Å². The molecular formula is C26H22N4O4S2. The highest BCUT2D eigenvalue weighted by Crippen LogP contribution is 2.34. The zero-order chi connectivity index (χ0) is 25.4. The predicted molar refractivity (Wildman–Crippen MR) is 142 cm³/mol. The van der Waals surface area contributed by atoms with Gasteiger partial charge in [0.15, 0.2) is 6.10 Å². The molecule has 1 unspecified atom stereocenters. The Morgan fingerprint density at radius 2 is 1.72 bits per heavy atom. The lowest BCUT2D eigenvalue weighted by Crippen LogP contribution is -2.32. The monoisotopic (exact) mass is 518 g/mol. The van der Waals surface area contributed by atoms with E-state index in [1.54, 1.807) is 48.2 Å². The van der Waals surface area contributed by atoms with Crippen molar-refractivity contribution in [3.05, 3.63) is 87.7 Å². The molecule has 2 aromatic carbocycles. The zero-order valence-corrected chi connectivity index (χ0v) is 21.4. The lowest BCUT2D eigenvalue weighted by molar-refractivity contribution is -0.123. The van der Waals surface area contributed by atoms with Gasteiger partial charge in [0, 0.05) is 7.05 Å². The van der Waals surface area contributed by atoms with E-state index in [-0.39, 0.29) is 11.2 Å². The Balaban J connectivity index is 1.29. The van der Waals surface area contributed by atoms with E-state index in [1.165, 1.54) is 22.9 Å². The molecule has 0 bridgehead atoms. The molecular weight excluding hydrogens is 496 g/mol. The molecule has 0 saturated heterocycles. The van der Waals surface area contributed by atoms with E-state index in [9.17, 15) is 14.4 Å².